The van der Waals surface area contributed by atoms with Crippen molar-refractivity contribution < 1.29 is 9.18 Å². The van der Waals surface area contributed by atoms with Crippen LogP contribution in [0.15, 0.2) is 48.5 Å². The Morgan fingerprint density at radius 1 is 1.21 bits per heavy atom. The van der Waals surface area contributed by atoms with Gasteiger partial charge in [-0.15, -0.1) is 5.10 Å². The summed E-state index contributed by atoms with van der Waals surface area (Å²) in [6, 6.07) is 13.6. The molecule has 0 aliphatic rings. The van der Waals surface area contributed by atoms with Crippen LogP contribution in [0.2, 0.25) is 0 Å². The standard InChI is InChI=1S/C17H16FN5O/c1-23-17(20-21-22-23)13-5-3-7-15(11-13)19-16(24)9-8-12-4-2-6-14(18)10-12/h2-7,10-11H,8-9H2,1H3,(H,19,24). The Morgan fingerprint density at radius 3 is 2.79 bits per heavy atom. The van der Waals surface area contributed by atoms with Crippen molar-refractivity contribution in [2.24, 2.45) is 7.05 Å². The largest absolute Gasteiger partial charge is 0.326 e. The maximum atomic E-state index is 13.1. The van der Waals surface area contributed by atoms with Gasteiger partial charge in [0, 0.05) is 24.7 Å². The van der Waals surface area contributed by atoms with E-state index in [0.717, 1.165) is 11.1 Å². The van der Waals surface area contributed by atoms with Gasteiger partial charge in [0.1, 0.15) is 5.82 Å². The maximum Gasteiger partial charge on any atom is 0.224 e. The van der Waals surface area contributed by atoms with Crippen LogP contribution in [0.3, 0.4) is 0 Å². The molecule has 3 rings (SSSR count). The van der Waals surface area contributed by atoms with Gasteiger partial charge in [-0.2, -0.15) is 0 Å². The number of hydrogen-bond donors (Lipinski definition) is 1. The molecule has 7 heteroatoms. The molecule has 2 aromatic carbocycles. The van der Waals surface area contributed by atoms with E-state index in [1.54, 1.807) is 29.9 Å². The lowest BCUT2D eigenvalue weighted by Gasteiger charge is -2.07. The third kappa shape index (κ3) is 3.81. The van der Waals surface area contributed by atoms with Crippen LogP contribution in [0.5, 0.6) is 0 Å². The Kier molecular flexibility index (Phi) is 4.60. The van der Waals surface area contributed by atoms with Crippen molar-refractivity contribution in [3.8, 4) is 11.4 Å². The molecule has 122 valence electrons. The lowest BCUT2D eigenvalue weighted by molar-refractivity contribution is -0.116. The molecule has 0 radical (unpaired) electrons. The first kappa shape index (κ1) is 15.8. The molecule has 1 amide bonds. The predicted molar refractivity (Wildman–Crippen MR) is 87.6 cm³/mol. The van der Waals surface area contributed by atoms with Gasteiger partial charge < -0.3 is 5.32 Å². The van der Waals surface area contributed by atoms with E-state index in [1.165, 1.54) is 12.1 Å². The van der Waals surface area contributed by atoms with E-state index in [4.69, 9.17) is 0 Å². The van der Waals surface area contributed by atoms with Crippen LogP contribution in [0, 0.1) is 5.82 Å². The predicted octanol–water partition coefficient (Wildman–Crippen LogP) is 2.59. The zero-order valence-electron chi connectivity index (χ0n) is 13.1. The van der Waals surface area contributed by atoms with Crippen LogP contribution < -0.4 is 5.32 Å². The summed E-state index contributed by atoms with van der Waals surface area (Å²) < 4.78 is 14.7. The first-order chi connectivity index (χ1) is 11.6. The summed E-state index contributed by atoms with van der Waals surface area (Å²) in [7, 11) is 1.75. The van der Waals surface area contributed by atoms with Crippen LogP contribution >= 0.6 is 0 Å². The van der Waals surface area contributed by atoms with Gasteiger partial charge in [-0.3, -0.25) is 4.79 Å². The monoisotopic (exact) mass is 325 g/mol. The summed E-state index contributed by atoms with van der Waals surface area (Å²) in [6.07, 6.45) is 0.760. The summed E-state index contributed by atoms with van der Waals surface area (Å²) in [5, 5.41) is 14.2. The number of rotatable bonds is 5. The smallest absolute Gasteiger partial charge is 0.224 e. The van der Waals surface area contributed by atoms with Crippen molar-refractivity contribution in [3.05, 3.63) is 59.9 Å². The quantitative estimate of drug-likeness (QED) is 0.782. The van der Waals surface area contributed by atoms with Gasteiger partial charge in [-0.25, -0.2) is 9.07 Å². The molecule has 0 atom stereocenters. The average Bonchev–Trinajstić information content (AvgIpc) is 2.99. The second-order valence-corrected chi connectivity index (χ2v) is 5.39. The lowest BCUT2D eigenvalue weighted by atomic mass is 10.1. The SMILES string of the molecule is Cn1nnnc1-c1cccc(NC(=O)CCc2cccc(F)c2)c1. The van der Waals surface area contributed by atoms with Gasteiger partial charge >= 0.3 is 0 Å². The summed E-state index contributed by atoms with van der Waals surface area (Å²) in [4.78, 5) is 12.1. The van der Waals surface area contributed by atoms with E-state index < -0.39 is 0 Å². The van der Waals surface area contributed by atoms with Crippen molar-refractivity contribution >= 4 is 11.6 Å². The van der Waals surface area contributed by atoms with Gasteiger partial charge in [0.15, 0.2) is 5.82 Å². The highest BCUT2D eigenvalue weighted by atomic mass is 19.1. The molecule has 1 aromatic heterocycles. The number of benzene rings is 2. The topological polar surface area (TPSA) is 72.7 Å². The Labute approximate surface area is 138 Å². The highest BCUT2D eigenvalue weighted by Crippen LogP contribution is 2.19. The molecular formula is C17H16FN5O. The van der Waals surface area contributed by atoms with Gasteiger partial charge in [0.25, 0.3) is 0 Å². The number of nitrogens with zero attached hydrogens (tertiary/aromatic N) is 4. The van der Waals surface area contributed by atoms with E-state index >= 15 is 0 Å². The number of anilines is 1. The van der Waals surface area contributed by atoms with Crippen molar-refractivity contribution in [2.75, 3.05) is 5.32 Å². The number of aromatic nitrogens is 4. The number of nitrogens with one attached hydrogen (secondary N) is 1. The van der Waals surface area contributed by atoms with Crippen LogP contribution in [-0.4, -0.2) is 26.1 Å². The lowest BCUT2D eigenvalue weighted by Crippen LogP contribution is -2.12. The molecule has 0 saturated carbocycles. The molecule has 0 spiro atoms. The third-order valence-corrected chi connectivity index (χ3v) is 3.55. The summed E-state index contributed by atoms with van der Waals surface area (Å²) >= 11 is 0. The summed E-state index contributed by atoms with van der Waals surface area (Å²) in [5.74, 6) is 0.191. The first-order valence-electron chi connectivity index (χ1n) is 7.49. The second-order valence-electron chi connectivity index (χ2n) is 5.39. The van der Waals surface area contributed by atoms with E-state index in [1.807, 2.05) is 18.2 Å². The molecule has 24 heavy (non-hydrogen) atoms. The highest BCUT2D eigenvalue weighted by molar-refractivity contribution is 5.91. The number of tetrazole rings is 1. The fourth-order valence-electron chi connectivity index (χ4n) is 2.38. The van der Waals surface area contributed by atoms with Crippen molar-refractivity contribution in [3.63, 3.8) is 0 Å². The summed E-state index contributed by atoms with van der Waals surface area (Å²) in [5.41, 5.74) is 2.27. The number of hydrogen-bond acceptors (Lipinski definition) is 4. The molecule has 1 N–H and O–H groups in total. The average molecular weight is 325 g/mol. The molecule has 0 aliphatic heterocycles. The molecular weight excluding hydrogens is 309 g/mol. The van der Waals surface area contributed by atoms with Crippen LogP contribution in [0.4, 0.5) is 10.1 Å². The van der Waals surface area contributed by atoms with E-state index in [0.29, 0.717) is 17.9 Å². The van der Waals surface area contributed by atoms with Crippen LogP contribution in [-0.2, 0) is 18.3 Å². The Hall–Kier alpha value is -3.09. The molecule has 0 unspecified atom stereocenters. The Morgan fingerprint density at radius 2 is 2.04 bits per heavy atom. The number of carbonyl (C=O) groups excluding carboxylic acids is 1. The molecule has 0 fully saturated rings. The van der Waals surface area contributed by atoms with Gasteiger partial charge in [0.2, 0.25) is 5.91 Å². The first-order valence-corrected chi connectivity index (χ1v) is 7.49. The van der Waals surface area contributed by atoms with Crippen molar-refractivity contribution in [1.29, 1.82) is 0 Å². The minimum atomic E-state index is -0.294. The summed E-state index contributed by atoms with van der Waals surface area (Å²) in [6.45, 7) is 0. The zero-order chi connectivity index (χ0) is 16.9. The number of halogens is 1. The molecule has 0 saturated heterocycles. The van der Waals surface area contributed by atoms with Gasteiger partial charge in [0.05, 0.1) is 0 Å². The number of amides is 1. The highest BCUT2D eigenvalue weighted by Gasteiger charge is 2.08. The Bertz CT molecular complexity index is 861. The van der Waals surface area contributed by atoms with Crippen molar-refractivity contribution in [2.45, 2.75) is 12.8 Å². The number of carbonyl (C=O) groups is 1. The van der Waals surface area contributed by atoms with E-state index in [-0.39, 0.29) is 18.1 Å². The van der Waals surface area contributed by atoms with Crippen molar-refractivity contribution in [1.82, 2.24) is 20.2 Å². The third-order valence-electron chi connectivity index (χ3n) is 3.55. The normalized spacial score (nSPS) is 10.6. The van der Waals surface area contributed by atoms with Crippen LogP contribution in [0.1, 0.15) is 12.0 Å². The maximum absolute atomic E-state index is 13.1. The van der Waals surface area contributed by atoms with Gasteiger partial charge in [-0.05, 0) is 46.7 Å². The molecule has 1 heterocycles. The van der Waals surface area contributed by atoms with Gasteiger partial charge in [-0.1, -0.05) is 24.3 Å². The molecule has 0 aliphatic carbocycles. The molecule has 6 nitrogen and oxygen atoms in total. The second kappa shape index (κ2) is 6.99. The minimum absolute atomic E-state index is 0.132. The fourth-order valence-corrected chi connectivity index (χ4v) is 2.38. The van der Waals surface area contributed by atoms with E-state index in [2.05, 4.69) is 20.8 Å². The number of aryl methyl sites for hydroxylation is 2. The molecule has 0 bridgehead atoms. The molecule has 3 aromatic rings. The zero-order valence-corrected chi connectivity index (χ0v) is 13.1. The minimum Gasteiger partial charge on any atom is -0.326 e. The van der Waals surface area contributed by atoms with E-state index in [9.17, 15) is 9.18 Å². The fraction of sp³-hybridized carbons (Fsp3) is 0.176. The Balaban J connectivity index is 1.63. The van der Waals surface area contributed by atoms with Crippen LogP contribution in [0.25, 0.3) is 11.4 Å².